The first kappa shape index (κ1) is 13.9. The van der Waals surface area contributed by atoms with Crippen LogP contribution in [0.5, 0.6) is 0 Å². The summed E-state index contributed by atoms with van der Waals surface area (Å²) in [6, 6.07) is 7.05. The van der Waals surface area contributed by atoms with E-state index in [9.17, 15) is 4.79 Å². The first-order valence-electron chi connectivity index (χ1n) is 6.39. The van der Waals surface area contributed by atoms with Gasteiger partial charge >= 0.3 is 5.97 Å². The number of rotatable bonds is 5. The maximum absolute atomic E-state index is 11.9. The molecule has 0 aliphatic rings. The Morgan fingerprint density at radius 3 is 2.90 bits per heavy atom. The number of aryl methyl sites for hydroxylation is 1. The van der Waals surface area contributed by atoms with E-state index in [2.05, 4.69) is 10.4 Å². The van der Waals surface area contributed by atoms with Crippen molar-refractivity contribution in [3.8, 4) is 0 Å². The zero-order valence-electron chi connectivity index (χ0n) is 11.6. The first-order chi connectivity index (χ1) is 9.61. The molecule has 0 radical (unpaired) electrons. The molecule has 106 valence electrons. The van der Waals surface area contributed by atoms with Gasteiger partial charge in [0.15, 0.2) is 0 Å². The number of benzene rings is 1. The second-order valence-corrected chi connectivity index (χ2v) is 4.33. The van der Waals surface area contributed by atoms with Crippen molar-refractivity contribution in [3.63, 3.8) is 0 Å². The summed E-state index contributed by atoms with van der Waals surface area (Å²) in [5.74, 6) is -0.382. The Morgan fingerprint density at radius 2 is 2.25 bits per heavy atom. The predicted molar refractivity (Wildman–Crippen MR) is 77.3 cm³/mol. The highest BCUT2D eigenvalue weighted by Crippen LogP contribution is 2.20. The zero-order valence-corrected chi connectivity index (χ0v) is 11.6. The summed E-state index contributed by atoms with van der Waals surface area (Å²) in [6.07, 6.45) is 1.73. The lowest BCUT2D eigenvalue weighted by Gasteiger charge is -2.12. The molecule has 0 unspecified atom stereocenters. The fourth-order valence-electron chi connectivity index (χ4n) is 1.85. The molecule has 0 fully saturated rings. The van der Waals surface area contributed by atoms with Crippen LogP contribution in [-0.2, 0) is 18.3 Å². The summed E-state index contributed by atoms with van der Waals surface area (Å²) in [4.78, 5) is 11.9. The molecule has 0 saturated heterocycles. The SMILES string of the molecule is CCOC(=O)c1cc(N)ccc1NCc1ccnn1C. The maximum atomic E-state index is 11.9. The second-order valence-electron chi connectivity index (χ2n) is 4.33. The first-order valence-corrected chi connectivity index (χ1v) is 6.39. The number of hydrogen-bond acceptors (Lipinski definition) is 5. The number of nitrogens with zero attached hydrogens (tertiary/aromatic N) is 2. The largest absolute Gasteiger partial charge is 0.462 e. The molecule has 1 heterocycles. The zero-order chi connectivity index (χ0) is 14.5. The van der Waals surface area contributed by atoms with Crippen molar-refractivity contribution in [1.29, 1.82) is 0 Å². The second kappa shape index (κ2) is 6.10. The van der Waals surface area contributed by atoms with E-state index >= 15 is 0 Å². The minimum Gasteiger partial charge on any atom is -0.462 e. The van der Waals surface area contributed by atoms with Crippen molar-refractivity contribution < 1.29 is 9.53 Å². The number of hydrogen-bond donors (Lipinski definition) is 2. The Hall–Kier alpha value is -2.50. The Morgan fingerprint density at radius 1 is 1.45 bits per heavy atom. The summed E-state index contributed by atoms with van der Waals surface area (Å²) in [5.41, 5.74) is 8.40. The fraction of sp³-hybridized carbons (Fsp3) is 0.286. The molecule has 3 N–H and O–H groups in total. The van der Waals surface area contributed by atoms with Gasteiger partial charge in [-0.05, 0) is 31.2 Å². The number of nitrogens with two attached hydrogens (primary N) is 1. The minimum atomic E-state index is -0.382. The summed E-state index contributed by atoms with van der Waals surface area (Å²) < 4.78 is 6.80. The lowest BCUT2D eigenvalue weighted by atomic mass is 10.1. The van der Waals surface area contributed by atoms with Crippen LogP contribution in [0.3, 0.4) is 0 Å². The van der Waals surface area contributed by atoms with E-state index < -0.39 is 0 Å². The van der Waals surface area contributed by atoms with Crippen molar-refractivity contribution in [3.05, 3.63) is 41.7 Å². The molecule has 0 atom stereocenters. The van der Waals surface area contributed by atoms with Crippen LogP contribution < -0.4 is 11.1 Å². The molecule has 0 aliphatic heterocycles. The topological polar surface area (TPSA) is 82.2 Å². The average Bonchev–Trinajstić information content (AvgIpc) is 2.83. The fourth-order valence-corrected chi connectivity index (χ4v) is 1.85. The lowest BCUT2D eigenvalue weighted by molar-refractivity contribution is 0.0527. The number of carbonyl (C=O) groups is 1. The third-order valence-electron chi connectivity index (χ3n) is 2.92. The molecular formula is C14H18N4O2. The molecule has 1 aromatic carbocycles. The van der Waals surface area contributed by atoms with E-state index in [4.69, 9.17) is 10.5 Å². The van der Waals surface area contributed by atoms with Gasteiger partial charge in [-0.2, -0.15) is 5.10 Å². The number of aromatic nitrogens is 2. The quantitative estimate of drug-likeness (QED) is 0.641. The van der Waals surface area contributed by atoms with Crippen LogP contribution in [0.25, 0.3) is 0 Å². The van der Waals surface area contributed by atoms with E-state index in [1.807, 2.05) is 13.1 Å². The molecule has 0 saturated carbocycles. The Balaban J connectivity index is 2.18. The lowest BCUT2D eigenvalue weighted by Crippen LogP contribution is -2.12. The summed E-state index contributed by atoms with van der Waals surface area (Å²) in [7, 11) is 1.87. The highest BCUT2D eigenvalue weighted by molar-refractivity contribution is 5.96. The summed E-state index contributed by atoms with van der Waals surface area (Å²) in [5, 5.41) is 7.30. The molecule has 2 aromatic rings. The van der Waals surface area contributed by atoms with Gasteiger partial charge in [0.1, 0.15) is 0 Å². The van der Waals surface area contributed by atoms with Gasteiger partial charge in [0.25, 0.3) is 0 Å². The van der Waals surface area contributed by atoms with Gasteiger partial charge < -0.3 is 15.8 Å². The van der Waals surface area contributed by atoms with Gasteiger partial charge in [-0.15, -0.1) is 0 Å². The monoisotopic (exact) mass is 274 g/mol. The van der Waals surface area contributed by atoms with Gasteiger partial charge in [0, 0.05) is 24.6 Å². The molecule has 6 heteroatoms. The van der Waals surface area contributed by atoms with Crippen LogP contribution in [0.2, 0.25) is 0 Å². The van der Waals surface area contributed by atoms with Gasteiger partial charge in [-0.25, -0.2) is 4.79 Å². The molecule has 2 rings (SSSR count). The van der Waals surface area contributed by atoms with Crippen LogP contribution in [0.1, 0.15) is 23.0 Å². The van der Waals surface area contributed by atoms with Crippen LogP contribution in [0, 0.1) is 0 Å². The third-order valence-corrected chi connectivity index (χ3v) is 2.92. The van der Waals surface area contributed by atoms with Crippen molar-refractivity contribution in [2.75, 3.05) is 17.7 Å². The maximum Gasteiger partial charge on any atom is 0.340 e. The van der Waals surface area contributed by atoms with Crippen molar-refractivity contribution in [2.45, 2.75) is 13.5 Å². The Kier molecular flexibility index (Phi) is 4.24. The van der Waals surface area contributed by atoms with Crippen LogP contribution >= 0.6 is 0 Å². The molecule has 0 aliphatic carbocycles. The highest BCUT2D eigenvalue weighted by atomic mass is 16.5. The molecule has 0 bridgehead atoms. The van der Waals surface area contributed by atoms with Crippen molar-refractivity contribution in [1.82, 2.24) is 9.78 Å². The minimum absolute atomic E-state index is 0.328. The van der Waals surface area contributed by atoms with Gasteiger partial charge in [0.05, 0.1) is 24.4 Å². The van der Waals surface area contributed by atoms with Gasteiger partial charge in [-0.1, -0.05) is 0 Å². The van der Waals surface area contributed by atoms with Crippen LogP contribution in [-0.4, -0.2) is 22.4 Å². The summed E-state index contributed by atoms with van der Waals surface area (Å²) >= 11 is 0. The molecule has 20 heavy (non-hydrogen) atoms. The van der Waals surface area contributed by atoms with Gasteiger partial charge in [-0.3, -0.25) is 4.68 Å². The summed E-state index contributed by atoms with van der Waals surface area (Å²) in [6.45, 7) is 2.66. The van der Waals surface area contributed by atoms with Crippen molar-refractivity contribution in [2.24, 2.45) is 7.05 Å². The number of carbonyl (C=O) groups excluding carboxylic acids is 1. The van der Waals surface area contributed by atoms with E-state index in [0.29, 0.717) is 30.1 Å². The Bertz CT molecular complexity index is 607. The Labute approximate surface area is 117 Å². The molecule has 6 nitrogen and oxygen atoms in total. The van der Waals surface area contributed by atoms with E-state index in [1.165, 1.54) is 0 Å². The van der Waals surface area contributed by atoms with Crippen LogP contribution in [0.15, 0.2) is 30.5 Å². The van der Waals surface area contributed by atoms with Crippen molar-refractivity contribution >= 4 is 17.3 Å². The third kappa shape index (κ3) is 3.09. The van der Waals surface area contributed by atoms with E-state index in [1.54, 1.807) is 36.0 Å². The highest BCUT2D eigenvalue weighted by Gasteiger charge is 2.13. The van der Waals surface area contributed by atoms with Gasteiger partial charge in [0.2, 0.25) is 0 Å². The molecule has 0 spiro atoms. The average molecular weight is 274 g/mol. The smallest absolute Gasteiger partial charge is 0.340 e. The molecular weight excluding hydrogens is 256 g/mol. The number of nitrogen functional groups attached to an aromatic ring is 1. The van der Waals surface area contributed by atoms with E-state index in [0.717, 1.165) is 5.69 Å². The number of ether oxygens (including phenoxy) is 1. The number of anilines is 2. The predicted octanol–water partition coefficient (Wildman–Crippen LogP) is 1.79. The molecule has 0 amide bonds. The number of esters is 1. The normalized spacial score (nSPS) is 10.3. The van der Waals surface area contributed by atoms with E-state index in [-0.39, 0.29) is 5.97 Å². The molecule has 1 aromatic heterocycles. The standard InChI is InChI=1S/C14H18N4O2/c1-3-20-14(19)12-8-10(15)4-5-13(12)16-9-11-6-7-17-18(11)2/h4-8,16H,3,9,15H2,1-2H3. The van der Waals surface area contributed by atoms with Crippen LogP contribution in [0.4, 0.5) is 11.4 Å². The number of nitrogens with one attached hydrogen (secondary N) is 1.